The van der Waals surface area contributed by atoms with Crippen LogP contribution >= 0.6 is 0 Å². The molecule has 152 valence electrons. The van der Waals surface area contributed by atoms with Gasteiger partial charge in [0.15, 0.2) is 0 Å². The van der Waals surface area contributed by atoms with Crippen molar-refractivity contribution in [3.63, 3.8) is 0 Å². The number of fused-ring (bicyclic) bond motifs is 2. The Morgan fingerprint density at radius 3 is 2.82 bits per heavy atom. The lowest BCUT2D eigenvalue weighted by Crippen LogP contribution is -2.34. The van der Waals surface area contributed by atoms with Crippen molar-refractivity contribution in [3.05, 3.63) is 48.0 Å². The molecule has 0 aliphatic heterocycles. The number of carbonyl (C=O) groups excluding carboxylic acids is 1. The number of nitrogens with zero attached hydrogens (tertiary/aromatic N) is 1. The molecule has 1 amide bonds. The molecule has 1 aromatic rings. The zero-order valence-corrected chi connectivity index (χ0v) is 17.0. The summed E-state index contributed by atoms with van der Waals surface area (Å²) < 4.78 is 27.1. The third-order valence-electron chi connectivity index (χ3n) is 6.18. The number of unbranched alkanes of at least 4 members (excludes halogenated alkanes) is 1. The summed E-state index contributed by atoms with van der Waals surface area (Å²) >= 11 is 0. The summed E-state index contributed by atoms with van der Waals surface area (Å²) in [6.07, 6.45) is 9.76. The molecular weight excluding hydrogens is 376 g/mol. The molecule has 2 aliphatic rings. The maximum absolute atomic E-state index is 11.4. The summed E-state index contributed by atoms with van der Waals surface area (Å²) in [6, 6.07) is 10.4. The van der Waals surface area contributed by atoms with Crippen LogP contribution in [0.25, 0.3) is 0 Å². The number of allylic oxidation sites excluding steroid dienone is 2. The number of hydrogen-bond acceptors (Lipinski definition) is 5. The Morgan fingerprint density at radius 2 is 2.11 bits per heavy atom. The van der Waals surface area contributed by atoms with E-state index in [-0.39, 0.29) is 11.8 Å². The monoisotopic (exact) mass is 404 g/mol. The van der Waals surface area contributed by atoms with Gasteiger partial charge in [-0.15, -0.1) is 0 Å². The van der Waals surface area contributed by atoms with Crippen molar-refractivity contribution < 1.29 is 18.0 Å². The van der Waals surface area contributed by atoms with Crippen molar-refractivity contribution in [1.82, 2.24) is 5.48 Å². The van der Waals surface area contributed by atoms with E-state index in [1.54, 1.807) is 0 Å². The zero-order valence-electron chi connectivity index (χ0n) is 16.2. The first-order chi connectivity index (χ1) is 13.6. The van der Waals surface area contributed by atoms with Crippen LogP contribution in [0.5, 0.6) is 0 Å². The highest BCUT2D eigenvalue weighted by Crippen LogP contribution is 2.61. The van der Waals surface area contributed by atoms with Crippen molar-refractivity contribution in [3.8, 4) is 0 Å². The van der Waals surface area contributed by atoms with Gasteiger partial charge in [-0.25, -0.2) is 5.48 Å². The molecule has 0 aromatic heterocycles. The minimum atomic E-state index is -2.38. The molecule has 2 fully saturated rings. The molecule has 4 atom stereocenters. The van der Waals surface area contributed by atoms with Crippen LogP contribution in [0.2, 0.25) is 0 Å². The topological polar surface area (TPSA) is 84.8 Å². The average Bonchev–Trinajstić information content (AvgIpc) is 3.20. The first kappa shape index (κ1) is 20.7. The van der Waals surface area contributed by atoms with Gasteiger partial charge in [-0.05, 0) is 61.8 Å². The molecule has 0 saturated heterocycles. The summed E-state index contributed by atoms with van der Waals surface area (Å²) in [6.45, 7) is 0. The Kier molecular flexibility index (Phi) is 7.02. The summed E-state index contributed by atoms with van der Waals surface area (Å²) in [4.78, 5) is 16.0. The molecule has 2 aliphatic carbocycles. The SMILES string of the molecule is CONC(=O)CCCC=CC[C@H]1[C@@H](c2ccccc2)[C@H]2CC[C@@]1(N=S(=O)=O)C2. The van der Waals surface area contributed by atoms with E-state index in [9.17, 15) is 13.2 Å². The van der Waals surface area contributed by atoms with Crippen LogP contribution in [0.3, 0.4) is 0 Å². The van der Waals surface area contributed by atoms with Gasteiger partial charge in [0, 0.05) is 6.42 Å². The Labute approximate surface area is 168 Å². The third kappa shape index (κ3) is 4.70. The molecular formula is C21H28N2O4S. The van der Waals surface area contributed by atoms with Gasteiger partial charge >= 0.3 is 10.5 Å². The second kappa shape index (κ2) is 9.47. The minimum absolute atomic E-state index is 0.121. The first-order valence-corrected chi connectivity index (χ1v) is 10.9. The van der Waals surface area contributed by atoms with E-state index < -0.39 is 16.0 Å². The van der Waals surface area contributed by atoms with Crippen molar-refractivity contribution in [2.75, 3.05) is 7.11 Å². The molecule has 1 N–H and O–H groups in total. The van der Waals surface area contributed by atoms with E-state index in [1.807, 2.05) is 6.07 Å². The Balaban J connectivity index is 1.69. The van der Waals surface area contributed by atoms with E-state index in [0.29, 0.717) is 18.3 Å². The lowest BCUT2D eigenvalue weighted by Gasteiger charge is -2.35. The minimum Gasteiger partial charge on any atom is -0.277 e. The highest BCUT2D eigenvalue weighted by molar-refractivity contribution is 7.61. The molecule has 0 radical (unpaired) electrons. The largest absolute Gasteiger partial charge is 0.311 e. The van der Waals surface area contributed by atoms with Crippen LogP contribution in [0, 0.1) is 11.8 Å². The van der Waals surface area contributed by atoms with E-state index in [0.717, 1.165) is 38.5 Å². The van der Waals surface area contributed by atoms with Gasteiger partial charge < -0.3 is 0 Å². The zero-order chi connectivity index (χ0) is 20.0. The van der Waals surface area contributed by atoms with Crippen molar-refractivity contribution in [2.45, 2.75) is 56.4 Å². The van der Waals surface area contributed by atoms with Crippen molar-refractivity contribution in [1.29, 1.82) is 0 Å². The second-order valence-electron chi connectivity index (χ2n) is 7.79. The number of nitrogens with one attached hydrogen (secondary N) is 1. The van der Waals surface area contributed by atoms with Crippen molar-refractivity contribution in [2.24, 2.45) is 16.2 Å². The summed E-state index contributed by atoms with van der Waals surface area (Å²) in [7, 11) is -0.960. The molecule has 7 heteroatoms. The molecule has 0 heterocycles. The highest BCUT2D eigenvalue weighted by atomic mass is 32.2. The molecule has 0 unspecified atom stereocenters. The van der Waals surface area contributed by atoms with Crippen molar-refractivity contribution >= 4 is 16.4 Å². The summed E-state index contributed by atoms with van der Waals surface area (Å²) in [5.41, 5.74) is 3.14. The average molecular weight is 405 g/mol. The quantitative estimate of drug-likeness (QED) is 0.385. The third-order valence-corrected chi connectivity index (χ3v) is 6.70. The Bertz CT molecular complexity index is 829. The van der Waals surface area contributed by atoms with Gasteiger partial charge in [0.05, 0.1) is 12.6 Å². The maximum atomic E-state index is 11.4. The van der Waals surface area contributed by atoms with Gasteiger partial charge in [0.2, 0.25) is 5.91 Å². The molecule has 2 bridgehead atoms. The molecule has 3 rings (SSSR count). The van der Waals surface area contributed by atoms with Gasteiger partial charge in [-0.1, -0.05) is 42.5 Å². The Morgan fingerprint density at radius 1 is 1.32 bits per heavy atom. The predicted molar refractivity (Wildman–Crippen MR) is 107 cm³/mol. The summed E-state index contributed by atoms with van der Waals surface area (Å²) in [5.74, 6) is 0.911. The molecule has 0 spiro atoms. The first-order valence-electron chi connectivity index (χ1n) is 9.90. The number of carbonyl (C=O) groups is 1. The second-order valence-corrected chi connectivity index (χ2v) is 8.40. The van der Waals surface area contributed by atoms with Crippen LogP contribution in [-0.4, -0.2) is 27.0 Å². The number of amides is 1. The summed E-state index contributed by atoms with van der Waals surface area (Å²) in [5, 5.41) is 0. The van der Waals surface area contributed by atoms with Crippen LogP contribution < -0.4 is 5.48 Å². The number of rotatable bonds is 9. The lowest BCUT2D eigenvalue weighted by atomic mass is 9.71. The molecule has 6 nitrogen and oxygen atoms in total. The fraction of sp³-hybridized carbons (Fsp3) is 0.571. The van der Waals surface area contributed by atoms with Gasteiger partial charge in [-0.2, -0.15) is 12.8 Å². The van der Waals surface area contributed by atoms with Gasteiger partial charge in [0.25, 0.3) is 0 Å². The normalized spacial score (nSPS) is 28.5. The standard InChI is InChI=1S/C21H28N2O4S/c1-27-22-19(24)12-8-3-2-7-11-18-20(16-9-5-4-6-10-16)17-13-14-21(18,15-17)23-28(25)26/h2,4-7,9-10,17-18,20H,3,8,11-15H2,1H3,(H,22,24)/t17-,18-,20-,21+/m0/s1. The van der Waals surface area contributed by atoms with Gasteiger partial charge in [-0.3, -0.25) is 9.63 Å². The molecule has 1 aromatic carbocycles. The van der Waals surface area contributed by atoms with E-state index >= 15 is 0 Å². The van der Waals surface area contributed by atoms with Crippen LogP contribution in [-0.2, 0) is 20.1 Å². The maximum Gasteiger partial charge on any atom is 0.311 e. The van der Waals surface area contributed by atoms with E-state index in [1.165, 1.54) is 12.7 Å². The fourth-order valence-corrected chi connectivity index (χ4v) is 5.75. The number of hydrogen-bond donors (Lipinski definition) is 1. The molecule has 28 heavy (non-hydrogen) atoms. The van der Waals surface area contributed by atoms with E-state index in [2.05, 4.69) is 51.1 Å². The number of hydroxylamine groups is 1. The van der Waals surface area contributed by atoms with E-state index in [4.69, 9.17) is 0 Å². The van der Waals surface area contributed by atoms with Gasteiger partial charge in [0.1, 0.15) is 0 Å². The van der Waals surface area contributed by atoms with Crippen LogP contribution in [0.1, 0.15) is 56.4 Å². The smallest absolute Gasteiger partial charge is 0.277 e. The lowest BCUT2D eigenvalue weighted by molar-refractivity contribution is -0.131. The van der Waals surface area contributed by atoms with Crippen LogP contribution in [0.15, 0.2) is 46.8 Å². The predicted octanol–water partition coefficient (Wildman–Crippen LogP) is 3.80. The highest BCUT2D eigenvalue weighted by Gasteiger charge is 2.58. The van der Waals surface area contributed by atoms with Crippen LogP contribution in [0.4, 0.5) is 0 Å². The molecule has 2 saturated carbocycles. The fourth-order valence-electron chi connectivity index (χ4n) is 5.15. The Hall–Kier alpha value is -1.99. The number of benzene rings is 1.